The zero-order valence-corrected chi connectivity index (χ0v) is 9.46. The zero-order chi connectivity index (χ0) is 12.4. The van der Waals surface area contributed by atoms with Crippen molar-refractivity contribution in [1.29, 1.82) is 0 Å². The first kappa shape index (κ1) is 10.5. The van der Waals surface area contributed by atoms with Crippen LogP contribution in [-0.2, 0) is 0 Å². The molecule has 4 nitrogen and oxygen atoms in total. The van der Waals surface area contributed by atoms with E-state index in [4.69, 9.17) is 0 Å². The maximum Gasteiger partial charge on any atom is 0.256 e. The highest BCUT2D eigenvalue weighted by atomic mass is 16.5. The molecule has 4 heteroatoms. The number of hydrogen-bond acceptors (Lipinski definition) is 3. The number of fused-ring (bicyclic) bond motifs is 1. The lowest BCUT2D eigenvalue weighted by Crippen LogP contribution is -2.11. The third kappa shape index (κ3) is 1.84. The molecule has 0 aliphatic rings. The fourth-order valence-corrected chi connectivity index (χ4v) is 1.89. The molecule has 2 aromatic carbocycles. The van der Waals surface area contributed by atoms with Crippen molar-refractivity contribution in [3.05, 3.63) is 60.5 Å². The fourth-order valence-electron chi connectivity index (χ4n) is 1.89. The molecule has 0 unspecified atom stereocenters. The van der Waals surface area contributed by atoms with E-state index >= 15 is 0 Å². The molecule has 0 radical (unpaired) electrons. The van der Waals surface area contributed by atoms with Gasteiger partial charge in [0.2, 0.25) is 0 Å². The van der Waals surface area contributed by atoms with Crippen molar-refractivity contribution in [2.24, 2.45) is 0 Å². The number of anilines is 1. The summed E-state index contributed by atoms with van der Waals surface area (Å²) < 4.78 is 4.67. The van der Waals surface area contributed by atoms with Gasteiger partial charge in [-0.25, -0.2) is 0 Å². The molecule has 0 saturated carbocycles. The highest BCUT2D eigenvalue weighted by molar-refractivity contribution is 6.12. The van der Waals surface area contributed by atoms with Crippen molar-refractivity contribution in [1.82, 2.24) is 5.16 Å². The summed E-state index contributed by atoms with van der Waals surface area (Å²) in [5, 5.41) is 8.24. The number of hydrogen-bond donors (Lipinski definition) is 1. The highest BCUT2D eigenvalue weighted by Crippen LogP contribution is 2.19. The van der Waals surface area contributed by atoms with Crippen LogP contribution in [0.25, 0.3) is 10.8 Å². The maximum absolute atomic E-state index is 12.1. The molecule has 1 heterocycles. The fraction of sp³-hybridized carbons (Fsp3) is 0. The number of aromatic nitrogens is 1. The lowest BCUT2D eigenvalue weighted by Gasteiger charge is -2.05. The number of rotatable bonds is 2. The first-order valence-electron chi connectivity index (χ1n) is 5.53. The van der Waals surface area contributed by atoms with Crippen molar-refractivity contribution in [2.45, 2.75) is 0 Å². The number of amides is 1. The van der Waals surface area contributed by atoms with Gasteiger partial charge in [-0.15, -0.1) is 0 Å². The van der Waals surface area contributed by atoms with Gasteiger partial charge in [-0.1, -0.05) is 41.6 Å². The number of nitrogens with zero attached hydrogens (tertiary/aromatic N) is 1. The van der Waals surface area contributed by atoms with E-state index in [1.807, 2.05) is 36.4 Å². The Morgan fingerprint density at radius 1 is 1.11 bits per heavy atom. The molecule has 1 aromatic heterocycles. The number of nitrogens with one attached hydrogen (secondary N) is 1. The lowest BCUT2D eigenvalue weighted by atomic mass is 10.0. The molecule has 3 aromatic rings. The Labute approximate surface area is 103 Å². The highest BCUT2D eigenvalue weighted by Gasteiger charge is 2.10. The first-order valence-corrected chi connectivity index (χ1v) is 5.53. The zero-order valence-electron chi connectivity index (χ0n) is 9.46. The predicted molar refractivity (Wildman–Crippen MR) is 68.4 cm³/mol. The second-order valence-electron chi connectivity index (χ2n) is 3.89. The third-order valence-electron chi connectivity index (χ3n) is 2.72. The van der Waals surface area contributed by atoms with Crippen LogP contribution in [0.2, 0.25) is 0 Å². The first-order chi connectivity index (χ1) is 8.84. The van der Waals surface area contributed by atoms with Gasteiger partial charge >= 0.3 is 0 Å². The summed E-state index contributed by atoms with van der Waals surface area (Å²) >= 11 is 0. The number of carbonyl (C=O) groups is 1. The topological polar surface area (TPSA) is 55.1 Å². The Morgan fingerprint density at radius 3 is 2.78 bits per heavy atom. The molecule has 0 bridgehead atoms. The van der Waals surface area contributed by atoms with Crippen LogP contribution in [0.15, 0.2) is 59.4 Å². The molecule has 0 aliphatic carbocycles. The number of benzene rings is 2. The van der Waals surface area contributed by atoms with Crippen LogP contribution >= 0.6 is 0 Å². The van der Waals surface area contributed by atoms with E-state index in [1.165, 1.54) is 12.5 Å². The van der Waals surface area contributed by atoms with Gasteiger partial charge in [-0.05, 0) is 16.8 Å². The standard InChI is InChI=1S/C14H10N2O2/c17-14(16-11-8-15-18-9-11)13-7-3-5-10-4-1-2-6-12(10)13/h1-9H,(H,16,17). The summed E-state index contributed by atoms with van der Waals surface area (Å²) in [5.74, 6) is -0.171. The van der Waals surface area contributed by atoms with E-state index in [2.05, 4.69) is 15.0 Å². The van der Waals surface area contributed by atoms with Gasteiger partial charge in [0, 0.05) is 5.56 Å². The monoisotopic (exact) mass is 238 g/mol. The van der Waals surface area contributed by atoms with Crippen molar-refractivity contribution >= 4 is 22.4 Å². The van der Waals surface area contributed by atoms with E-state index in [1.54, 1.807) is 6.07 Å². The molecule has 0 aliphatic heterocycles. The van der Waals surface area contributed by atoms with Gasteiger partial charge in [-0.3, -0.25) is 4.79 Å². The summed E-state index contributed by atoms with van der Waals surface area (Å²) in [4.78, 5) is 12.1. The average Bonchev–Trinajstić information content (AvgIpc) is 2.91. The Hall–Kier alpha value is -2.62. The van der Waals surface area contributed by atoms with E-state index in [0.29, 0.717) is 11.3 Å². The minimum Gasteiger partial charge on any atom is -0.363 e. The van der Waals surface area contributed by atoms with Crippen LogP contribution in [0.4, 0.5) is 5.69 Å². The smallest absolute Gasteiger partial charge is 0.256 e. The van der Waals surface area contributed by atoms with Crippen molar-refractivity contribution < 1.29 is 9.32 Å². The SMILES string of the molecule is O=C(Nc1cnoc1)c1cccc2ccccc12. The summed E-state index contributed by atoms with van der Waals surface area (Å²) in [7, 11) is 0. The van der Waals surface area contributed by atoms with E-state index < -0.39 is 0 Å². The summed E-state index contributed by atoms with van der Waals surface area (Å²) in [6.07, 6.45) is 2.85. The van der Waals surface area contributed by atoms with Crippen LogP contribution in [-0.4, -0.2) is 11.1 Å². The molecule has 3 rings (SSSR count). The normalized spacial score (nSPS) is 10.4. The Bertz CT molecular complexity index is 685. The largest absolute Gasteiger partial charge is 0.363 e. The van der Waals surface area contributed by atoms with E-state index in [0.717, 1.165) is 10.8 Å². The van der Waals surface area contributed by atoms with Crippen molar-refractivity contribution in [3.8, 4) is 0 Å². The molecule has 18 heavy (non-hydrogen) atoms. The molecule has 0 saturated heterocycles. The third-order valence-corrected chi connectivity index (χ3v) is 2.72. The van der Waals surface area contributed by atoms with Crippen molar-refractivity contribution in [3.63, 3.8) is 0 Å². The van der Waals surface area contributed by atoms with Gasteiger partial charge in [0.15, 0.2) is 0 Å². The molecule has 1 amide bonds. The molecule has 88 valence electrons. The van der Waals surface area contributed by atoms with E-state index in [9.17, 15) is 4.79 Å². The van der Waals surface area contributed by atoms with Crippen LogP contribution in [0, 0.1) is 0 Å². The summed E-state index contributed by atoms with van der Waals surface area (Å²) in [5.41, 5.74) is 1.18. The number of carbonyl (C=O) groups excluding carboxylic acids is 1. The van der Waals surface area contributed by atoms with Gasteiger partial charge in [-0.2, -0.15) is 0 Å². The molecular weight excluding hydrogens is 228 g/mol. The van der Waals surface area contributed by atoms with Gasteiger partial charge < -0.3 is 9.84 Å². The van der Waals surface area contributed by atoms with Crippen LogP contribution in [0.3, 0.4) is 0 Å². The quantitative estimate of drug-likeness (QED) is 0.746. The average molecular weight is 238 g/mol. The second-order valence-corrected chi connectivity index (χ2v) is 3.89. The molecular formula is C14H10N2O2. The van der Waals surface area contributed by atoms with Gasteiger partial charge in [0.25, 0.3) is 5.91 Å². The summed E-state index contributed by atoms with van der Waals surface area (Å²) in [6, 6.07) is 13.4. The second kappa shape index (κ2) is 4.33. The summed E-state index contributed by atoms with van der Waals surface area (Å²) in [6.45, 7) is 0. The minimum absolute atomic E-state index is 0.171. The lowest BCUT2D eigenvalue weighted by molar-refractivity contribution is 0.102. The van der Waals surface area contributed by atoms with Crippen LogP contribution in [0.5, 0.6) is 0 Å². The molecule has 1 N–H and O–H groups in total. The predicted octanol–water partition coefficient (Wildman–Crippen LogP) is 3.08. The minimum atomic E-state index is -0.171. The Kier molecular flexibility index (Phi) is 2.53. The van der Waals surface area contributed by atoms with Gasteiger partial charge in [0.05, 0.1) is 6.20 Å². The molecule has 0 atom stereocenters. The maximum atomic E-state index is 12.1. The Morgan fingerprint density at radius 2 is 1.94 bits per heavy atom. The molecule has 0 spiro atoms. The van der Waals surface area contributed by atoms with Crippen molar-refractivity contribution in [2.75, 3.05) is 5.32 Å². The van der Waals surface area contributed by atoms with E-state index in [-0.39, 0.29) is 5.91 Å². The molecule has 0 fully saturated rings. The Balaban J connectivity index is 2.01. The van der Waals surface area contributed by atoms with Gasteiger partial charge in [0.1, 0.15) is 12.0 Å². The van der Waals surface area contributed by atoms with Crippen LogP contribution in [0.1, 0.15) is 10.4 Å². The van der Waals surface area contributed by atoms with Crippen LogP contribution < -0.4 is 5.32 Å².